The molecular weight excluding hydrogens is 236 g/mol. The van der Waals surface area contributed by atoms with Crippen molar-refractivity contribution in [2.75, 3.05) is 13.1 Å². The van der Waals surface area contributed by atoms with Crippen molar-refractivity contribution in [3.63, 3.8) is 0 Å². The molecule has 2 atom stereocenters. The van der Waals surface area contributed by atoms with Crippen LogP contribution in [0.25, 0.3) is 0 Å². The Bertz CT molecular complexity index is 479. The lowest BCUT2D eigenvalue weighted by Crippen LogP contribution is -2.48. The second kappa shape index (κ2) is 4.97. The first kappa shape index (κ1) is 12.7. The number of hydrogen-bond acceptors (Lipinski definition) is 2. The minimum Gasteiger partial charge on any atom is -0.351 e. The second-order valence-corrected chi connectivity index (χ2v) is 6.01. The Kier molecular flexibility index (Phi) is 3.31. The van der Waals surface area contributed by atoms with Crippen LogP contribution in [0, 0.1) is 0 Å². The molecule has 102 valence electrons. The summed E-state index contributed by atoms with van der Waals surface area (Å²) in [5, 5.41) is 6.53. The van der Waals surface area contributed by atoms with Crippen LogP contribution < -0.4 is 10.6 Å². The van der Waals surface area contributed by atoms with E-state index in [0.717, 1.165) is 38.8 Å². The van der Waals surface area contributed by atoms with Gasteiger partial charge in [0.05, 0.1) is 5.41 Å². The number of nitrogens with one attached hydrogen (secondary N) is 2. The smallest absolute Gasteiger partial charge is 0.230 e. The van der Waals surface area contributed by atoms with Crippen LogP contribution in [0.3, 0.4) is 0 Å². The molecule has 3 rings (SSSR count). The molecule has 0 spiro atoms. The van der Waals surface area contributed by atoms with E-state index in [4.69, 9.17) is 0 Å². The summed E-state index contributed by atoms with van der Waals surface area (Å²) < 4.78 is 0. The molecule has 2 aliphatic rings. The summed E-state index contributed by atoms with van der Waals surface area (Å²) in [6.45, 7) is 4.02. The molecule has 0 saturated carbocycles. The van der Waals surface area contributed by atoms with Crippen LogP contribution in [0.4, 0.5) is 0 Å². The molecule has 1 amide bonds. The molecule has 1 aliphatic heterocycles. The highest BCUT2D eigenvalue weighted by Crippen LogP contribution is 2.37. The van der Waals surface area contributed by atoms with Gasteiger partial charge in [-0.25, -0.2) is 0 Å². The maximum absolute atomic E-state index is 12.7. The third-order valence-corrected chi connectivity index (χ3v) is 4.63. The van der Waals surface area contributed by atoms with E-state index >= 15 is 0 Å². The molecule has 1 aromatic rings. The maximum Gasteiger partial charge on any atom is 0.230 e. The first-order chi connectivity index (χ1) is 9.20. The summed E-state index contributed by atoms with van der Waals surface area (Å²) in [6, 6.07) is 8.72. The van der Waals surface area contributed by atoms with Gasteiger partial charge in [-0.05, 0) is 50.3 Å². The van der Waals surface area contributed by atoms with E-state index in [-0.39, 0.29) is 11.3 Å². The van der Waals surface area contributed by atoms with Crippen LogP contribution in [0.1, 0.15) is 37.3 Å². The standard InChI is InChI=1S/C16H22N2O/c1-16(15(19)18-13-8-10-17-11-13)9-4-6-12-5-2-3-7-14(12)16/h2-3,5,7,13,17H,4,6,8-11H2,1H3,(H,18,19). The zero-order valence-corrected chi connectivity index (χ0v) is 11.5. The monoisotopic (exact) mass is 258 g/mol. The lowest BCUT2D eigenvalue weighted by molar-refractivity contribution is -0.127. The molecule has 1 heterocycles. The highest BCUT2D eigenvalue weighted by atomic mass is 16.2. The Morgan fingerprint density at radius 3 is 3.05 bits per heavy atom. The van der Waals surface area contributed by atoms with Crippen LogP contribution in [0.2, 0.25) is 0 Å². The van der Waals surface area contributed by atoms with E-state index in [1.54, 1.807) is 0 Å². The van der Waals surface area contributed by atoms with Gasteiger partial charge in [0.1, 0.15) is 0 Å². The topological polar surface area (TPSA) is 41.1 Å². The van der Waals surface area contributed by atoms with E-state index < -0.39 is 0 Å². The highest BCUT2D eigenvalue weighted by molar-refractivity contribution is 5.88. The number of amides is 1. The fraction of sp³-hybridized carbons (Fsp3) is 0.562. The van der Waals surface area contributed by atoms with E-state index in [1.165, 1.54) is 11.1 Å². The number of benzene rings is 1. The number of carbonyl (C=O) groups excluding carboxylic acids is 1. The molecule has 1 aliphatic carbocycles. The number of fused-ring (bicyclic) bond motifs is 1. The summed E-state index contributed by atoms with van der Waals surface area (Å²) in [5.41, 5.74) is 2.22. The SMILES string of the molecule is CC1(C(=O)NC2CCNC2)CCCc2ccccc21. The van der Waals surface area contributed by atoms with Crippen LogP contribution in [0.15, 0.2) is 24.3 Å². The fourth-order valence-electron chi connectivity index (χ4n) is 3.40. The molecule has 0 aromatic heterocycles. The zero-order valence-electron chi connectivity index (χ0n) is 11.5. The molecule has 19 heavy (non-hydrogen) atoms. The van der Waals surface area contributed by atoms with Gasteiger partial charge in [-0.2, -0.15) is 0 Å². The molecule has 1 fully saturated rings. The zero-order chi connectivity index (χ0) is 13.3. The lowest BCUT2D eigenvalue weighted by atomic mass is 9.70. The molecular formula is C16H22N2O. The Labute approximate surface area is 114 Å². The van der Waals surface area contributed by atoms with Crippen molar-refractivity contribution in [1.82, 2.24) is 10.6 Å². The van der Waals surface area contributed by atoms with Crippen molar-refractivity contribution >= 4 is 5.91 Å². The normalized spacial score (nSPS) is 29.8. The van der Waals surface area contributed by atoms with Gasteiger partial charge in [0.15, 0.2) is 0 Å². The van der Waals surface area contributed by atoms with Crippen LogP contribution >= 0.6 is 0 Å². The van der Waals surface area contributed by atoms with Gasteiger partial charge in [0.2, 0.25) is 5.91 Å². The Hall–Kier alpha value is -1.35. The first-order valence-corrected chi connectivity index (χ1v) is 7.30. The van der Waals surface area contributed by atoms with Crippen LogP contribution in [0.5, 0.6) is 0 Å². The minimum atomic E-state index is -0.350. The summed E-state index contributed by atoms with van der Waals surface area (Å²) in [4.78, 5) is 12.7. The fourth-order valence-corrected chi connectivity index (χ4v) is 3.40. The third-order valence-electron chi connectivity index (χ3n) is 4.63. The largest absolute Gasteiger partial charge is 0.351 e. The summed E-state index contributed by atoms with van der Waals surface area (Å²) in [5.74, 6) is 0.202. The molecule has 0 bridgehead atoms. The van der Waals surface area contributed by atoms with Gasteiger partial charge in [0.25, 0.3) is 0 Å². The van der Waals surface area contributed by atoms with Crippen molar-refractivity contribution in [3.05, 3.63) is 35.4 Å². The second-order valence-electron chi connectivity index (χ2n) is 6.01. The van der Waals surface area contributed by atoms with Crippen molar-refractivity contribution < 1.29 is 4.79 Å². The third kappa shape index (κ3) is 2.27. The Balaban J connectivity index is 1.84. The summed E-state index contributed by atoms with van der Waals surface area (Å²) in [7, 11) is 0. The average Bonchev–Trinajstić information content (AvgIpc) is 2.92. The molecule has 1 aromatic carbocycles. The Morgan fingerprint density at radius 2 is 2.26 bits per heavy atom. The van der Waals surface area contributed by atoms with Gasteiger partial charge < -0.3 is 10.6 Å². The number of rotatable bonds is 2. The van der Waals surface area contributed by atoms with Crippen molar-refractivity contribution in [1.29, 1.82) is 0 Å². The predicted octanol–water partition coefficient (Wildman–Crippen LogP) is 1.76. The summed E-state index contributed by atoms with van der Waals surface area (Å²) >= 11 is 0. The van der Waals surface area contributed by atoms with Gasteiger partial charge in [-0.1, -0.05) is 24.3 Å². The van der Waals surface area contributed by atoms with Crippen LogP contribution in [-0.2, 0) is 16.6 Å². The van der Waals surface area contributed by atoms with Gasteiger partial charge in [0, 0.05) is 12.6 Å². The van der Waals surface area contributed by atoms with Gasteiger partial charge >= 0.3 is 0 Å². The molecule has 3 nitrogen and oxygen atoms in total. The lowest BCUT2D eigenvalue weighted by Gasteiger charge is -2.35. The number of carbonyl (C=O) groups is 1. The molecule has 0 radical (unpaired) electrons. The van der Waals surface area contributed by atoms with Crippen LogP contribution in [-0.4, -0.2) is 25.0 Å². The maximum atomic E-state index is 12.7. The predicted molar refractivity (Wildman–Crippen MR) is 76.1 cm³/mol. The molecule has 3 heteroatoms. The van der Waals surface area contributed by atoms with Gasteiger partial charge in [-0.15, -0.1) is 0 Å². The van der Waals surface area contributed by atoms with E-state index in [9.17, 15) is 4.79 Å². The summed E-state index contributed by atoms with van der Waals surface area (Å²) in [6.07, 6.45) is 4.20. The average molecular weight is 258 g/mol. The van der Waals surface area contributed by atoms with E-state index in [0.29, 0.717) is 6.04 Å². The Morgan fingerprint density at radius 1 is 1.42 bits per heavy atom. The molecule has 1 saturated heterocycles. The van der Waals surface area contributed by atoms with E-state index in [2.05, 4.69) is 35.8 Å². The minimum absolute atomic E-state index is 0.202. The van der Waals surface area contributed by atoms with Crippen molar-refractivity contribution in [2.45, 2.75) is 44.1 Å². The highest BCUT2D eigenvalue weighted by Gasteiger charge is 2.39. The quantitative estimate of drug-likeness (QED) is 0.848. The molecule has 2 unspecified atom stereocenters. The van der Waals surface area contributed by atoms with Gasteiger partial charge in [-0.3, -0.25) is 4.79 Å². The van der Waals surface area contributed by atoms with Crippen molar-refractivity contribution in [3.8, 4) is 0 Å². The first-order valence-electron chi connectivity index (χ1n) is 7.30. The number of hydrogen-bond donors (Lipinski definition) is 2. The molecule has 2 N–H and O–H groups in total. The van der Waals surface area contributed by atoms with E-state index in [1.807, 2.05) is 6.07 Å². The number of aryl methyl sites for hydroxylation is 1. The van der Waals surface area contributed by atoms with Crippen molar-refractivity contribution in [2.24, 2.45) is 0 Å².